The fourth-order valence-corrected chi connectivity index (χ4v) is 2.99. The number of carboxylic acids is 1. The van der Waals surface area contributed by atoms with Gasteiger partial charge in [0.25, 0.3) is 3.79 Å². The summed E-state index contributed by atoms with van der Waals surface area (Å²) in [6.07, 6.45) is -8.46. The largest absolute Gasteiger partial charge is 0.481 e. The molecule has 0 amide bonds. The molecule has 31 heavy (non-hydrogen) atoms. The van der Waals surface area contributed by atoms with E-state index in [1.165, 1.54) is 0 Å². The molecule has 3 N–H and O–H groups in total. The molecule has 5 atom stereocenters. The summed E-state index contributed by atoms with van der Waals surface area (Å²) in [6.45, 7) is 2.21. The van der Waals surface area contributed by atoms with Crippen molar-refractivity contribution >= 4 is 64.6 Å². The van der Waals surface area contributed by atoms with Crippen molar-refractivity contribution in [3.63, 3.8) is 0 Å². The van der Waals surface area contributed by atoms with Gasteiger partial charge in [0.15, 0.2) is 17.8 Å². The number of rotatable bonds is 7. The molecule has 0 radical (unpaired) electrons. The van der Waals surface area contributed by atoms with Crippen LogP contribution >= 0.6 is 34.8 Å². The van der Waals surface area contributed by atoms with Gasteiger partial charge in [-0.25, -0.2) is 0 Å². The molecule has 15 heteroatoms. The third-order valence-corrected chi connectivity index (χ3v) is 4.41. The van der Waals surface area contributed by atoms with E-state index >= 15 is 0 Å². The van der Waals surface area contributed by atoms with Crippen LogP contribution in [0.25, 0.3) is 0 Å². The monoisotopic (exact) mass is 507 g/mol. The number of aliphatic hydroxyl groups excluding tert-OH is 1. The van der Waals surface area contributed by atoms with Gasteiger partial charge in [-0.15, -0.1) is 0 Å². The summed E-state index contributed by atoms with van der Waals surface area (Å²) < 4.78 is 23.2. The first-order chi connectivity index (χ1) is 14.1. The van der Waals surface area contributed by atoms with E-state index in [-0.39, 0.29) is 0 Å². The Labute approximate surface area is 191 Å². The maximum atomic E-state index is 11.8. The van der Waals surface area contributed by atoms with Gasteiger partial charge >= 0.3 is 23.9 Å². The summed E-state index contributed by atoms with van der Waals surface area (Å²) >= 11 is 16.6. The minimum atomic E-state index is -2.36. The highest BCUT2D eigenvalue weighted by Crippen LogP contribution is 2.40. The Balaban J connectivity index is 3.54. The Bertz CT molecular complexity index is 723. The summed E-state index contributed by atoms with van der Waals surface area (Å²) in [5, 5.41) is 27.8. The predicted molar refractivity (Wildman–Crippen MR) is 103 cm³/mol. The fourth-order valence-electron chi connectivity index (χ4n) is 2.85. The first-order valence-electron chi connectivity index (χ1n) is 8.48. The van der Waals surface area contributed by atoms with E-state index in [2.05, 4.69) is 0 Å². The molecular weight excluding hydrogens is 489 g/mol. The molecule has 0 aliphatic carbocycles. The second-order valence-corrected chi connectivity index (χ2v) is 8.66. The third kappa shape index (κ3) is 7.35. The number of ether oxygens (including phenoxy) is 5. The number of carbonyl (C=O) groups excluding carboxylic acids is 3. The predicted octanol–water partition coefficient (Wildman–Crippen LogP) is 0.708. The summed E-state index contributed by atoms with van der Waals surface area (Å²) in [6, 6.07) is 0. The Kier molecular flexibility index (Phi) is 9.33. The zero-order valence-corrected chi connectivity index (χ0v) is 18.7. The molecule has 0 saturated carbocycles. The van der Waals surface area contributed by atoms with E-state index in [0.717, 1.165) is 20.8 Å². The number of nitrogens with one attached hydrogen (secondary N) is 1. The molecule has 1 rings (SSSR count). The second kappa shape index (κ2) is 10.6. The van der Waals surface area contributed by atoms with Gasteiger partial charge in [-0.3, -0.25) is 24.6 Å². The molecule has 12 nitrogen and oxygen atoms in total. The highest BCUT2D eigenvalue weighted by atomic mass is 35.6. The van der Waals surface area contributed by atoms with Crippen LogP contribution < -0.4 is 0 Å². The molecule has 0 bridgehead atoms. The molecule has 1 aliphatic heterocycles. The van der Waals surface area contributed by atoms with Crippen LogP contribution in [-0.2, 0) is 42.9 Å². The van der Waals surface area contributed by atoms with Crippen molar-refractivity contribution in [3.8, 4) is 0 Å². The van der Waals surface area contributed by atoms with Crippen molar-refractivity contribution in [1.29, 1.82) is 5.41 Å². The maximum Gasteiger partial charge on any atom is 0.307 e. The lowest BCUT2D eigenvalue weighted by molar-refractivity contribution is -0.322. The van der Waals surface area contributed by atoms with Crippen LogP contribution in [0.4, 0.5) is 0 Å². The molecule has 1 saturated heterocycles. The van der Waals surface area contributed by atoms with E-state index in [0.29, 0.717) is 0 Å². The van der Waals surface area contributed by atoms with Crippen LogP contribution in [-0.4, -0.2) is 80.6 Å². The van der Waals surface area contributed by atoms with Crippen LogP contribution in [0, 0.1) is 5.41 Å². The third-order valence-electron chi connectivity index (χ3n) is 3.90. The minimum absolute atomic E-state index is 0.707. The average molecular weight is 509 g/mol. The molecule has 0 aromatic rings. The van der Waals surface area contributed by atoms with Gasteiger partial charge in [0.05, 0.1) is 6.42 Å². The van der Waals surface area contributed by atoms with Crippen LogP contribution in [0.3, 0.4) is 0 Å². The topological polar surface area (TPSA) is 179 Å². The molecule has 1 aliphatic rings. The highest BCUT2D eigenvalue weighted by molar-refractivity contribution is 6.76. The van der Waals surface area contributed by atoms with Gasteiger partial charge in [0.2, 0.25) is 12.2 Å². The first-order valence-corrected chi connectivity index (χ1v) is 9.61. The van der Waals surface area contributed by atoms with E-state index in [1.807, 2.05) is 0 Å². The Morgan fingerprint density at radius 1 is 1.06 bits per heavy atom. The van der Waals surface area contributed by atoms with Crippen molar-refractivity contribution < 1.29 is 53.1 Å². The van der Waals surface area contributed by atoms with Crippen LogP contribution in [0.2, 0.25) is 0 Å². The molecule has 176 valence electrons. The van der Waals surface area contributed by atoms with Crippen molar-refractivity contribution in [2.24, 2.45) is 0 Å². The molecule has 1 fully saturated rings. The number of hydrogen-bond acceptors (Lipinski definition) is 11. The number of carbonyl (C=O) groups is 4. The van der Waals surface area contributed by atoms with Crippen LogP contribution in [0.15, 0.2) is 0 Å². The van der Waals surface area contributed by atoms with Crippen molar-refractivity contribution in [2.45, 2.75) is 61.2 Å². The van der Waals surface area contributed by atoms with E-state index in [4.69, 9.17) is 63.9 Å². The number of aliphatic carboxylic acids is 1. The normalized spacial score (nSPS) is 28.2. The van der Waals surface area contributed by atoms with Gasteiger partial charge in [0.1, 0.15) is 12.7 Å². The summed E-state index contributed by atoms with van der Waals surface area (Å²) in [5.74, 6) is -5.34. The van der Waals surface area contributed by atoms with E-state index < -0.39 is 76.8 Å². The van der Waals surface area contributed by atoms with E-state index in [9.17, 15) is 29.4 Å². The average Bonchev–Trinajstić information content (AvgIpc) is 2.57. The smallest absolute Gasteiger partial charge is 0.307 e. The lowest BCUT2D eigenvalue weighted by Gasteiger charge is -2.50. The maximum absolute atomic E-state index is 11.8. The van der Waals surface area contributed by atoms with E-state index in [1.54, 1.807) is 0 Å². The van der Waals surface area contributed by atoms with Gasteiger partial charge < -0.3 is 33.9 Å². The Morgan fingerprint density at radius 3 is 2.06 bits per heavy atom. The summed E-state index contributed by atoms with van der Waals surface area (Å²) in [5.41, 5.74) is -2.35. The zero-order chi connectivity index (χ0) is 24.1. The standard InChI is InChI=1S/C16H20Cl3NO11/c1-6(21)27-5-9-15(4-10(24)25,31-8(3)23)12(28-7(2)22)11(26)13(29-9)30-14(20)16(17,18)19/h9,11-13,20,26H,4-5H2,1-3H3,(H,24,25)/t9-,11-,12-,13-,15+/m1/s1. The Hall–Kier alpha value is -1.86. The second-order valence-electron chi connectivity index (χ2n) is 6.38. The molecule has 0 unspecified atom stereocenters. The van der Waals surface area contributed by atoms with Gasteiger partial charge in [-0.2, -0.15) is 0 Å². The SMILES string of the molecule is CC(=O)OC[C@H]1O[C@H](OC(=N)C(Cl)(Cl)Cl)[C@H](O)[C@@H](OC(C)=O)[C@@]1(CC(=O)O)OC(C)=O. The van der Waals surface area contributed by atoms with Gasteiger partial charge in [-0.1, -0.05) is 34.8 Å². The fraction of sp³-hybridized carbons (Fsp3) is 0.688. The number of esters is 3. The molecular formula is C16H20Cl3NO11. The molecule has 0 aromatic carbocycles. The number of aliphatic hydroxyl groups is 1. The van der Waals surface area contributed by atoms with Crippen LogP contribution in [0.5, 0.6) is 0 Å². The molecule has 0 aromatic heterocycles. The molecule has 1 heterocycles. The number of alkyl halides is 3. The molecule has 0 spiro atoms. The van der Waals surface area contributed by atoms with Crippen LogP contribution in [0.1, 0.15) is 27.2 Å². The lowest BCUT2D eigenvalue weighted by atomic mass is 9.80. The number of hydrogen-bond donors (Lipinski definition) is 3. The summed E-state index contributed by atoms with van der Waals surface area (Å²) in [4.78, 5) is 46.4. The van der Waals surface area contributed by atoms with Gasteiger partial charge in [-0.05, 0) is 0 Å². The van der Waals surface area contributed by atoms with Crippen molar-refractivity contribution in [2.75, 3.05) is 6.61 Å². The zero-order valence-electron chi connectivity index (χ0n) is 16.4. The first kappa shape index (κ1) is 27.2. The summed E-state index contributed by atoms with van der Waals surface area (Å²) in [7, 11) is 0. The quantitative estimate of drug-likeness (QED) is 0.145. The Morgan fingerprint density at radius 2 is 1.65 bits per heavy atom. The van der Waals surface area contributed by atoms with Crippen molar-refractivity contribution in [1.82, 2.24) is 0 Å². The number of halogens is 3. The highest BCUT2D eigenvalue weighted by Gasteiger charge is 2.63. The number of carboxylic acid groups (broad SMARTS) is 1. The van der Waals surface area contributed by atoms with Gasteiger partial charge in [0, 0.05) is 20.8 Å². The minimum Gasteiger partial charge on any atom is -0.481 e. The lowest BCUT2D eigenvalue weighted by Crippen LogP contribution is -2.70. The van der Waals surface area contributed by atoms with Crippen molar-refractivity contribution in [3.05, 3.63) is 0 Å².